The summed E-state index contributed by atoms with van der Waals surface area (Å²) < 4.78 is 30.7. The number of carbonyl (C=O) groups excluding carboxylic acids is 2. The van der Waals surface area contributed by atoms with Gasteiger partial charge in [0.15, 0.2) is 0 Å². The minimum atomic E-state index is -4.45. The first-order valence-electron chi connectivity index (χ1n) is 31.3. The van der Waals surface area contributed by atoms with Crippen molar-refractivity contribution in [3.05, 3.63) is 36.5 Å². The van der Waals surface area contributed by atoms with Gasteiger partial charge in [0.25, 0.3) is 0 Å². The topological polar surface area (TPSA) is 111 Å². The van der Waals surface area contributed by atoms with Crippen LogP contribution in [0.3, 0.4) is 0 Å². The third-order valence-electron chi connectivity index (χ3n) is 14.1. The van der Waals surface area contributed by atoms with E-state index in [1.54, 1.807) is 0 Å². The van der Waals surface area contributed by atoms with E-state index in [0.717, 1.165) is 64.2 Å². The molecule has 0 aromatic heterocycles. The van der Waals surface area contributed by atoms with Crippen molar-refractivity contribution in [3.63, 3.8) is 0 Å². The third kappa shape index (κ3) is 54.8. The number of phosphoric ester groups is 1. The Bertz CT molecular complexity index is 1350. The van der Waals surface area contributed by atoms with Gasteiger partial charge in [0.1, 0.15) is 19.3 Å². The van der Waals surface area contributed by atoms with Crippen molar-refractivity contribution in [1.82, 2.24) is 5.32 Å². The Labute approximate surface area is 453 Å². The van der Waals surface area contributed by atoms with E-state index in [1.807, 2.05) is 33.3 Å². The molecule has 430 valence electrons. The molecule has 9 nitrogen and oxygen atoms in total. The lowest BCUT2D eigenvalue weighted by atomic mass is 10.0. The zero-order chi connectivity index (χ0) is 53.6. The number of rotatable bonds is 57. The average Bonchev–Trinajstić information content (AvgIpc) is 3.35. The van der Waals surface area contributed by atoms with E-state index in [2.05, 4.69) is 50.4 Å². The summed E-state index contributed by atoms with van der Waals surface area (Å²) >= 11 is 0. The summed E-state index contributed by atoms with van der Waals surface area (Å²) in [6.45, 7) is 7.03. The maximum absolute atomic E-state index is 13.5. The molecule has 0 spiro atoms. The number of nitrogens with zero attached hydrogens (tertiary/aromatic N) is 1. The summed E-state index contributed by atoms with van der Waals surface area (Å²) in [7, 11) is 1.50. The zero-order valence-corrected chi connectivity index (χ0v) is 50.0. The summed E-state index contributed by atoms with van der Waals surface area (Å²) in [5, 5.41) is 3.06. The van der Waals surface area contributed by atoms with Crippen LogP contribution in [0.4, 0.5) is 0 Å². The van der Waals surface area contributed by atoms with Crippen molar-refractivity contribution < 1.29 is 37.3 Å². The Hall–Kier alpha value is -1.77. The Morgan fingerprint density at radius 1 is 0.466 bits per heavy atom. The lowest BCUT2D eigenvalue weighted by Crippen LogP contribution is -2.47. The first kappa shape index (κ1) is 71.2. The van der Waals surface area contributed by atoms with Gasteiger partial charge < -0.3 is 19.4 Å². The van der Waals surface area contributed by atoms with Crippen molar-refractivity contribution in [2.24, 2.45) is 0 Å². The van der Waals surface area contributed by atoms with Gasteiger partial charge in [0.05, 0.1) is 33.8 Å². The van der Waals surface area contributed by atoms with E-state index in [0.29, 0.717) is 17.4 Å². The Morgan fingerprint density at radius 3 is 1.16 bits per heavy atom. The molecule has 0 rings (SSSR count). The van der Waals surface area contributed by atoms with Crippen molar-refractivity contribution in [3.8, 4) is 0 Å². The number of quaternary nitrogens is 1. The second-order valence-corrected chi connectivity index (χ2v) is 24.0. The number of amides is 1. The van der Waals surface area contributed by atoms with E-state index in [1.165, 1.54) is 205 Å². The van der Waals surface area contributed by atoms with Crippen LogP contribution in [-0.2, 0) is 27.9 Å². The predicted molar refractivity (Wildman–Crippen MR) is 314 cm³/mol. The molecule has 10 heteroatoms. The number of likely N-dealkylation sites (N-methyl/N-ethyl adjacent to an activating group) is 1. The van der Waals surface area contributed by atoms with E-state index < -0.39 is 20.0 Å². The molecule has 0 aromatic carbocycles. The van der Waals surface area contributed by atoms with Crippen molar-refractivity contribution in [2.75, 3.05) is 40.9 Å². The third-order valence-corrected chi connectivity index (χ3v) is 15.0. The number of hydrogen-bond acceptors (Lipinski definition) is 6. The molecular weight excluding hydrogens is 928 g/mol. The van der Waals surface area contributed by atoms with Crippen molar-refractivity contribution >= 4 is 19.7 Å². The molecule has 0 aliphatic carbocycles. The van der Waals surface area contributed by atoms with Gasteiger partial charge in [-0.05, 0) is 83.1 Å². The first-order chi connectivity index (χ1) is 35.4. The molecule has 1 amide bonds. The average molecular weight is 1050 g/mol. The van der Waals surface area contributed by atoms with Crippen molar-refractivity contribution in [2.45, 2.75) is 315 Å². The molecule has 0 bridgehead atoms. The molecule has 2 N–H and O–H groups in total. The smallest absolute Gasteiger partial charge is 0.456 e. The first-order valence-corrected chi connectivity index (χ1v) is 32.8. The Balaban J connectivity index is 5.29. The zero-order valence-electron chi connectivity index (χ0n) is 49.1. The van der Waals surface area contributed by atoms with Crippen LogP contribution in [0.1, 0.15) is 303 Å². The molecule has 0 heterocycles. The van der Waals surface area contributed by atoms with Crippen LogP contribution >= 0.6 is 7.82 Å². The second-order valence-electron chi connectivity index (χ2n) is 22.6. The maximum Gasteiger partial charge on any atom is 0.472 e. The lowest BCUT2D eigenvalue weighted by Gasteiger charge is -2.27. The van der Waals surface area contributed by atoms with Crippen LogP contribution < -0.4 is 5.32 Å². The number of allylic oxidation sites excluding steroid dienone is 5. The summed E-state index contributed by atoms with van der Waals surface area (Å²) in [4.78, 5) is 37.7. The van der Waals surface area contributed by atoms with Crippen LogP contribution in [0, 0.1) is 0 Å². The fraction of sp³-hybridized carbons (Fsp3) is 0.873. The number of esters is 1. The van der Waals surface area contributed by atoms with E-state index >= 15 is 0 Å². The van der Waals surface area contributed by atoms with Gasteiger partial charge in [-0.15, -0.1) is 0 Å². The molecule has 0 saturated carbocycles. The molecule has 0 radical (unpaired) electrons. The van der Waals surface area contributed by atoms with Crippen LogP contribution in [0.25, 0.3) is 0 Å². The second kappa shape index (κ2) is 53.6. The predicted octanol–water partition coefficient (Wildman–Crippen LogP) is 19.1. The van der Waals surface area contributed by atoms with Crippen LogP contribution in [0.5, 0.6) is 0 Å². The number of phosphoric acid groups is 1. The molecule has 0 saturated heterocycles. The van der Waals surface area contributed by atoms with Crippen LogP contribution in [0.15, 0.2) is 36.5 Å². The summed E-state index contributed by atoms with van der Waals surface area (Å²) in [5.41, 5.74) is 0. The normalized spacial score (nSPS) is 13.9. The van der Waals surface area contributed by atoms with Gasteiger partial charge in [-0.3, -0.25) is 18.6 Å². The summed E-state index contributed by atoms with van der Waals surface area (Å²) in [6.07, 6.45) is 64.2. The fourth-order valence-corrected chi connectivity index (χ4v) is 9.90. The summed E-state index contributed by atoms with van der Waals surface area (Å²) in [5.74, 6) is -0.504. The van der Waals surface area contributed by atoms with E-state index in [9.17, 15) is 19.0 Å². The molecule has 3 unspecified atom stereocenters. The highest BCUT2D eigenvalue weighted by atomic mass is 31.2. The minimum Gasteiger partial charge on any atom is -0.456 e. The number of nitrogens with one attached hydrogen (secondary N) is 1. The number of ether oxygens (including phenoxy) is 1. The number of unbranched alkanes of at least 4 members (excludes halogenated alkanes) is 37. The van der Waals surface area contributed by atoms with Gasteiger partial charge in [-0.2, -0.15) is 0 Å². The Kier molecular flexibility index (Phi) is 52.3. The fourth-order valence-electron chi connectivity index (χ4n) is 9.17. The molecule has 73 heavy (non-hydrogen) atoms. The summed E-state index contributed by atoms with van der Waals surface area (Å²) in [6, 6.07) is -0.849. The number of hydrogen-bond donors (Lipinski definition) is 2. The van der Waals surface area contributed by atoms with E-state index in [-0.39, 0.29) is 31.5 Å². The minimum absolute atomic E-state index is 0.0403. The van der Waals surface area contributed by atoms with E-state index in [4.69, 9.17) is 13.8 Å². The highest BCUT2D eigenvalue weighted by Crippen LogP contribution is 2.43. The molecule has 0 aromatic rings. The molecular formula is C63H122N2O7P+. The maximum atomic E-state index is 13.5. The van der Waals surface area contributed by atoms with Gasteiger partial charge in [-0.1, -0.05) is 244 Å². The molecule has 0 aliphatic rings. The van der Waals surface area contributed by atoms with Crippen LogP contribution in [-0.4, -0.2) is 74.3 Å². The Morgan fingerprint density at radius 2 is 0.795 bits per heavy atom. The molecule has 0 fully saturated rings. The molecule has 3 atom stereocenters. The lowest BCUT2D eigenvalue weighted by molar-refractivity contribution is -0.870. The largest absolute Gasteiger partial charge is 0.472 e. The standard InChI is InChI=1S/C63H121N2O7P/c1-7-10-13-16-19-22-25-28-30-32-34-37-40-43-46-49-52-55-62(66)64-60(59-71-73(68,69)70-58-57-65(4,5)6)61(54-51-48-45-42-39-36-27-24-21-18-15-12-9-3)72-63(67)56-53-50-47-44-41-38-35-33-31-29-26-23-20-17-14-11-8-2/h28-31,51,54,60-61H,7-27,32-50,52-53,55-59H2,1-6H3,(H-,64,66,68,69)/p+1/b30-28+,31-29+,54-51+. The monoisotopic (exact) mass is 1050 g/mol. The van der Waals surface area contributed by atoms with Crippen molar-refractivity contribution in [1.29, 1.82) is 0 Å². The van der Waals surface area contributed by atoms with Gasteiger partial charge in [-0.25, -0.2) is 4.57 Å². The van der Waals surface area contributed by atoms with Gasteiger partial charge >= 0.3 is 13.8 Å². The SMILES string of the molecule is CCCCCCCC/C=C/CCCCCCCCCC(=O)NC(COP(=O)(O)OCC[N+](C)(C)C)C(/C=C/CCCCCCCCCCCCC)OC(=O)CCCCCCCCC/C=C/CCCCCCCC. The van der Waals surface area contributed by atoms with Crippen LogP contribution in [0.2, 0.25) is 0 Å². The number of carbonyl (C=O) groups is 2. The quantitative estimate of drug-likeness (QED) is 0.0205. The molecule has 0 aliphatic heterocycles. The highest BCUT2D eigenvalue weighted by molar-refractivity contribution is 7.47. The van der Waals surface area contributed by atoms with Gasteiger partial charge in [0, 0.05) is 12.8 Å². The van der Waals surface area contributed by atoms with Gasteiger partial charge in [0.2, 0.25) is 5.91 Å². The highest BCUT2D eigenvalue weighted by Gasteiger charge is 2.30.